The Kier molecular flexibility index (Phi) is 4.15. The standard InChI is InChI=1S/C21H24N4O2/c1-21(2,12-26)24-20(27)14-6-7-18-15(9-14)16(11-25(18)3)17-10-13-5-4-8-22-19(13)23-17/h4-9,11,17,26H,10,12H2,1-3H3,(H,22,23)(H,24,27). The normalized spacial score (nSPS) is 16.2. The van der Waals surface area contributed by atoms with Crippen molar-refractivity contribution in [3.63, 3.8) is 0 Å². The molecule has 1 amide bonds. The molecule has 27 heavy (non-hydrogen) atoms. The largest absolute Gasteiger partial charge is 0.394 e. The van der Waals surface area contributed by atoms with Crippen molar-refractivity contribution < 1.29 is 9.90 Å². The summed E-state index contributed by atoms with van der Waals surface area (Å²) in [7, 11) is 2.01. The molecule has 0 saturated heterocycles. The van der Waals surface area contributed by atoms with Crippen molar-refractivity contribution in [2.24, 2.45) is 7.05 Å². The van der Waals surface area contributed by atoms with Gasteiger partial charge >= 0.3 is 0 Å². The molecule has 0 spiro atoms. The Morgan fingerprint density at radius 1 is 1.41 bits per heavy atom. The van der Waals surface area contributed by atoms with E-state index in [2.05, 4.69) is 32.4 Å². The minimum absolute atomic E-state index is 0.116. The summed E-state index contributed by atoms with van der Waals surface area (Å²) in [6, 6.07) is 9.91. The predicted octanol–water partition coefficient (Wildman–Crippen LogP) is 2.78. The summed E-state index contributed by atoms with van der Waals surface area (Å²) in [4.78, 5) is 17.0. The second kappa shape index (κ2) is 6.39. The zero-order chi connectivity index (χ0) is 19.2. The lowest BCUT2D eigenvalue weighted by molar-refractivity contribution is 0.0869. The van der Waals surface area contributed by atoms with E-state index < -0.39 is 5.54 Å². The molecule has 0 radical (unpaired) electrons. The monoisotopic (exact) mass is 364 g/mol. The fourth-order valence-electron chi connectivity index (χ4n) is 3.62. The third-order valence-corrected chi connectivity index (χ3v) is 5.13. The van der Waals surface area contributed by atoms with Crippen LogP contribution in [0.1, 0.15) is 41.4 Å². The highest BCUT2D eigenvalue weighted by Crippen LogP contribution is 2.36. The number of hydrogen-bond donors (Lipinski definition) is 3. The summed E-state index contributed by atoms with van der Waals surface area (Å²) in [5.41, 5.74) is 3.37. The van der Waals surface area contributed by atoms with Crippen LogP contribution in [0.5, 0.6) is 0 Å². The number of aliphatic hydroxyl groups excluding tert-OH is 1. The zero-order valence-electron chi connectivity index (χ0n) is 15.8. The molecule has 0 aliphatic carbocycles. The molecule has 3 N–H and O–H groups in total. The molecule has 3 heterocycles. The molecule has 1 aliphatic rings. The number of rotatable bonds is 4. The number of carbonyl (C=O) groups excluding carboxylic acids is 1. The van der Waals surface area contributed by atoms with E-state index in [1.807, 2.05) is 31.3 Å². The molecular weight excluding hydrogens is 340 g/mol. The van der Waals surface area contributed by atoms with Gasteiger partial charge in [0, 0.05) is 47.9 Å². The number of aromatic nitrogens is 2. The maximum atomic E-state index is 12.6. The molecule has 0 fully saturated rings. The number of aliphatic hydroxyl groups is 1. The van der Waals surface area contributed by atoms with Crippen molar-refractivity contribution in [1.29, 1.82) is 0 Å². The lowest BCUT2D eigenvalue weighted by Crippen LogP contribution is -2.46. The first kappa shape index (κ1) is 17.5. The maximum Gasteiger partial charge on any atom is 0.251 e. The van der Waals surface area contributed by atoms with Crippen LogP contribution in [0.15, 0.2) is 42.7 Å². The lowest BCUT2D eigenvalue weighted by Gasteiger charge is -2.23. The van der Waals surface area contributed by atoms with Gasteiger partial charge in [0.05, 0.1) is 18.2 Å². The molecule has 0 bridgehead atoms. The van der Waals surface area contributed by atoms with E-state index in [1.54, 1.807) is 20.0 Å². The van der Waals surface area contributed by atoms with Crippen LogP contribution in [0.25, 0.3) is 10.9 Å². The van der Waals surface area contributed by atoms with E-state index in [1.165, 1.54) is 5.56 Å². The van der Waals surface area contributed by atoms with Gasteiger partial charge in [-0.25, -0.2) is 4.98 Å². The summed E-state index contributed by atoms with van der Waals surface area (Å²) >= 11 is 0. The van der Waals surface area contributed by atoms with Gasteiger partial charge < -0.3 is 20.3 Å². The van der Waals surface area contributed by atoms with Crippen LogP contribution >= 0.6 is 0 Å². The first-order valence-corrected chi connectivity index (χ1v) is 9.11. The van der Waals surface area contributed by atoms with Gasteiger partial charge in [0.1, 0.15) is 5.82 Å². The van der Waals surface area contributed by atoms with Crippen LogP contribution < -0.4 is 10.6 Å². The van der Waals surface area contributed by atoms with Gasteiger partial charge in [-0.2, -0.15) is 0 Å². The quantitative estimate of drug-likeness (QED) is 0.665. The molecule has 140 valence electrons. The molecule has 3 aromatic rings. The average Bonchev–Trinajstić information content (AvgIpc) is 3.22. The fraction of sp³-hybridized carbons (Fsp3) is 0.333. The summed E-state index contributed by atoms with van der Waals surface area (Å²) in [5.74, 6) is 0.744. The molecule has 1 unspecified atom stereocenters. The smallest absolute Gasteiger partial charge is 0.251 e. The Balaban J connectivity index is 1.70. The van der Waals surface area contributed by atoms with Crippen molar-refractivity contribution in [2.75, 3.05) is 11.9 Å². The minimum atomic E-state index is -0.661. The van der Waals surface area contributed by atoms with Crippen molar-refractivity contribution in [3.05, 3.63) is 59.4 Å². The van der Waals surface area contributed by atoms with Crippen LogP contribution in [-0.4, -0.2) is 32.7 Å². The third kappa shape index (κ3) is 3.17. The number of benzene rings is 1. The number of nitrogens with one attached hydrogen (secondary N) is 2. The Morgan fingerprint density at radius 2 is 2.22 bits per heavy atom. The summed E-state index contributed by atoms with van der Waals surface area (Å²) < 4.78 is 2.09. The Morgan fingerprint density at radius 3 is 2.96 bits per heavy atom. The highest BCUT2D eigenvalue weighted by atomic mass is 16.3. The highest BCUT2D eigenvalue weighted by molar-refractivity contribution is 5.99. The maximum absolute atomic E-state index is 12.6. The summed E-state index contributed by atoms with van der Waals surface area (Å²) in [6.45, 7) is 3.48. The number of pyridine rings is 1. The van der Waals surface area contributed by atoms with Crippen LogP contribution in [0, 0.1) is 0 Å². The second-order valence-corrected chi connectivity index (χ2v) is 7.84. The number of anilines is 1. The van der Waals surface area contributed by atoms with Crippen LogP contribution in [0.4, 0.5) is 5.82 Å². The first-order valence-electron chi connectivity index (χ1n) is 9.11. The number of carbonyl (C=O) groups is 1. The van der Waals surface area contributed by atoms with Crippen LogP contribution in [-0.2, 0) is 13.5 Å². The Hall–Kier alpha value is -2.86. The summed E-state index contributed by atoms with van der Waals surface area (Å²) in [5, 5.41) is 16.8. The van der Waals surface area contributed by atoms with Gasteiger partial charge in [-0.15, -0.1) is 0 Å². The number of hydrogen-bond acceptors (Lipinski definition) is 4. The Labute approximate surface area is 158 Å². The SMILES string of the molecule is Cn1cc(C2Cc3cccnc3N2)c2cc(C(=O)NC(C)(C)CO)ccc21. The third-order valence-electron chi connectivity index (χ3n) is 5.13. The van der Waals surface area contributed by atoms with Crippen molar-refractivity contribution in [1.82, 2.24) is 14.9 Å². The van der Waals surface area contributed by atoms with Gasteiger partial charge in [0.15, 0.2) is 0 Å². The van der Waals surface area contributed by atoms with Crippen molar-refractivity contribution in [3.8, 4) is 0 Å². The average molecular weight is 364 g/mol. The minimum Gasteiger partial charge on any atom is -0.394 e. The summed E-state index contributed by atoms with van der Waals surface area (Å²) in [6.07, 6.45) is 4.78. The number of amides is 1. The molecule has 0 saturated carbocycles. The molecule has 1 atom stereocenters. The molecule has 1 aromatic carbocycles. The molecule has 2 aromatic heterocycles. The second-order valence-electron chi connectivity index (χ2n) is 7.84. The van der Waals surface area contributed by atoms with E-state index in [4.69, 9.17) is 0 Å². The topological polar surface area (TPSA) is 79.2 Å². The van der Waals surface area contributed by atoms with E-state index in [-0.39, 0.29) is 18.6 Å². The van der Waals surface area contributed by atoms with Gasteiger partial charge in [-0.3, -0.25) is 4.79 Å². The Bertz CT molecular complexity index is 997. The molecule has 1 aliphatic heterocycles. The molecular formula is C21H24N4O2. The van der Waals surface area contributed by atoms with Gasteiger partial charge in [-0.1, -0.05) is 6.07 Å². The highest BCUT2D eigenvalue weighted by Gasteiger charge is 2.26. The lowest BCUT2D eigenvalue weighted by atomic mass is 10.0. The van der Waals surface area contributed by atoms with Gasteiger partial charge in [0.2, 0.25) is 0 Å². The van der Waals surface area contributed by atoms with Crippen LogP contribution in [0.2, 0.25) is 0 Å². The first-order chi connectivity index (χ1) is 12.9. The predicted molar refractivity (Wildman–Crippen MR) is 106 cm³/mol. The molecule has 4 rings (SSSR count). The fourth-order valence-corrected chi connectivity index (χ4v) is 3.62. The molecule has 6 nitrogen and oxygen atoms in total. The zero-order valence-corrected chi connectivity index (χ0v) is 15.8. The van der Waals surface area contributed by atoms with E-state index in [0.717, 1.165) is 28.7 Å². The van der Waals surface area contributed by atoms with E-state index in [0.29, 0.717) is 5.56 Å². The van der Waals surface area contributed by atoms with Crippen LogP contribution in [0.3, 0.4) is 0 Å². The van der Waals surface area contributed by atoms with E-state index in [9.17, 15) is 9.90 Å². The van der Waals surface area contributed by atoms with Crippen molar-refractivity contribution in [2.45, 2.75) is 31.8 Å². The number of nitrogens with zero attached hydrogens (tertiary/aromatic N) is 2. The van der Waals surface area contributed by atoms with E-state index >= 15 is 0 Å². The number of aryl methyl sites for hydroxylation is 1. The van der Waals surface area contributed by atoms with Crippen molar-refractivity contribution >= 4 is 22.6 Å². The molecule has 6 heteroatoms. The van der Waals surface area contributed by atoms with Gasteiger partial charge in [0.25, 0.3) is 5.91 Å². The van der Waals surface area contributed by atoms with Gasteiger partial charge in [-0.05, 0) is 43.7 Å². The number of fused-ring (bicyclic) bond motifs is 2.